The third-order valence-corrected chi connectivity index (χ3v) is 3.72. The van der Waals surface area contributed by atoms with Crippen LogP contribution in [0.4, 0.5) is 0 Å². The third kappa shape index (κ3) is 5.84. The van der Waals surface area contributed by atoms with E-state index in [1.807, 2.05) is 0 Å². The van der Waals surface area contributed by atoms with Crippen molar-refractivity contribution in [2.75, 3.05) is 39.9 Å². The maximum atomic E-state index is 5.09. The molecule has 102 valence electrons. The minimum absolute atomic E-state index is 0.741. The molecule has 0 radical (unpaired) electrons. The van der Waals surface area contributed by atoms with Crippen molar-refractivity contribution in [1.82, 2.24) is 10.2 Å². The molecule has 1 rings (SSSR count). The standard InChI is InChI=1S/C14H30N2O/c1-4-8-15-14-7-10-16(12-13(14)2)9-5-6-11-17-3/h13-15H,4-12H2,1-3H3. The summed E-state index contributed by atoms with van der Waals surface area (Å²) in [6.07, 6.45) is 5.02. The van der Waals surface area contributed by atoms with E-state index in [-0.39, 0.29) is 0 Å². The number of nitrogens with zero attached hydrogens (tertiary/aromatic N) is 1. The molecule has 0 aromatic carbocycles. The number of ether oxygens (including phenoxy) is 1. The molecule has 0 saturated carbocycles. The Kier molecular flexibility index (Phi) is 7.82. The van der Waals surface area contributed by atoms with Crippen LogP contribution in [0.15, 0.2) is 0 Å². The molecule has 2 atom stereocenters. The number of methoxy groups -OCH3 is 1. The van der Waals surface area contributed by atoms with Crippen LogP contribution in [0.3, 0.4) is 0 Å². The van der Waals surface area contributed by atoms with E-state index < -0.39 is 0 Å². The van der Waals surface area contributed by atoms with E-state index in [0.717, 1.165) is 18.6 Å². The highest BCUT2D eigenvalue weighted by molar-refractivity contribution is 4.82. The minimum atomic E-state index is 0.741. The van der Waals surface area contributed by atoms with Crippen molar-refractivity contribution in [3.05, 3.63) is 0 Å². The third-order valence-electron chi connectivity index (χ3n) is 3.72. The average Bonchev–Trinajstić information content (AvgIpc) is 2.34. The Hall–Kier alpha value is -0.120. The molecular formula is C14H30N2O. The number of nitrogens with one attached hydrogen (secondary N) is 1. The smallest absolute Gasteiger partial charge is 0.0462 e. The number of rotatable bonds is 8. The van der Waals surface area contributed by atoms with E-state index in [1.165, 1.54) is 51.9 Å². The van der Waals surface area contributed by atoms with Crippen molar-refractivity contribution in [2.24, 2.45) is 5.92 Å². The number of piperidine rings is 1. The molecule has 0 amide bonds. The molecule has 1 fully saturated rings. The molecular weight excluding hydrogens is 212 g/mol. The molecule has 0 aromatic heterocycles. The summed E-state index contributed by atoms with van der Waals surface area (Å²) in [5.74, 6) is 0.790. The zero-order valence-corrected chi connectivity index (χ0v) is 11.9. The second-order valence-electron chi connectivity index (χ2n) is 5.33. The Balaban J connectivity index is 2.13. The van der Waals surface area contributed by atoms with Crippen LogP contribution >= 0.6 is 0 Å². The monoisotopic (exact) mass is 242 g/mol. The van der Waals surface area contributed by atoms with E-state index in [9.17, 15) is 0 Å². The lowest BCUT2D eigenvalue weighted by Gasteiger charge is -2.37. The van der Waals surface area contributed by atoms with Crippen LogP contribution in [0.2, 0.25) is 0 Å². The number of unbranched alkanes of at least 4 members (excludes halogenated alkanes) is 1. The van der Waals surface area contributed by atoms with Crippen molar-refractivity contribution in [2.45, 2.75) is 45.6 Å². The van der Waals surface area contributed by atoms with Crippen molar-refractivity contribution >= 4 is 0 Å². The molecule has 1 N–H and O–H groups in total. The van der Waals surface area contributed by atoms with E-state index in [1.54, 1.807) is 7.11 Å². The van der Waals surface area contributed by atoms with Gasteiger partial charge in [0.2, 0.25) is 0 Å². The fraction of sp³-hybridized carbons (Fsp3) is 1.00. The second-order valence-corrected chi connectivity index (χ2v) is 5.33. The maximum absolute atomic E-state index is 5.09. The molecule has 0 spiro atoms. The number of hydrogen-bond donors (Lipinski definition) is 1. The SMILES string of the molecule is CCCNC1CCN(CCCCOC)CC1C. The topological polar surface area (TPSA) is 24.5 Å². The van der Waals surface area contributed by atoms with Crippen LogP contribution in [0.1, 0.15) is 39.5 Å². The van der Waals surface area contributed by atoms with Gasteiger partial charge in [-0.05, 0) is 51.2 Å². The van der Waals surface area contributed by atoms with Gasteiger partial charge in [0.25, 0.3) is 0 Å². The fourth-order valence-corrected chi connectivity index (χ4v) is 2.65. The summed E-state index contributed by atoms with van der Waals surface area (Å²) >= 11 is 0. The highest BCUT2D eigenvalue weighted by Crippen LogP contribution is 2.17. The first-order chi connectivity index (χ1) is 8.27. The van der Waals surface area contributed by atoms with Crippen LogP contribution in [0.5, 0.6) is 0 Å². The lowest BCUT2D eigenvalue weighted by Crippen LogP contribution is -2.48. The molecule has 3 heteroatoms. The molecule has 3 nitrogen and oxygen atoms in total. The van der Waals surface area contributed by atoms with Crippen LogP contribution in [-0.2, 0) is 4.74 Å². The molecule has 1 aliphatic heterocycles. The molecule has 0 aromatic rings. The lowest BCUT2D eigenvalue weighted by molar-refractivity contribution is 0.137. The van der Waals surface area contributed by atoms with E-state index in [4.69, 9.17) is 4.74 Å². The van der Waals surface area contributed by atoms with Crippen LogP contribution < -0.4 is 5.32 Å². The predicted molar refractivity (Wildman–Crippen MR) is 73.4 cm³/mol. The summed E-state index contributed by atoms with van der Waals surface area (Å²) < 4.78 is 5.09. The average molecular weight is 242 g/mol. The summed E-state index contributed by atoms with van der Waals surface area (Å²) in [5, 5.41) is 3.67. The number of hydrogen-bond acceptors (Lipinski definition) is 3. The molecule has 0 bridgehead atoms. The van der Waals surface area contributed by atoms with E-state index in [2.05, 4.69) is 24.1 Å². The lowest BCUT2D eigenvalue weighted by atomic mass is 9.93. The molecule has 1 saturated heterocycles. The summed E-state index contributed by atoms with van der Waals surface area (Å²) in [6.45, 7) is 10.5. The van der Waals surface area contributed by atoms with Gasteiger partial charge in [-0.1, -0.05) is 13.8 Å². The highest BCUT2D eigenvalue weighted by atomic mass is 16.5. The van der Waals surface area contributed by atoms with Gasteiger partial charge in [-0.2, -0.15) is 0 Å². The minimum Gasteiger partial charge on any atom is -0.385 e. The van der Waals surface area contributed by atoms with Gasteiger partial charge < -0.3 is 15.0 Å². The second kappa shape index (κ2) is 8.90. The quantitative estimate of drug-likeness (QED) is 0.660. The first-order valence-electron chi connectivity index (χ1n) is 7.22. The summed E-state index contributed by atoms with van der Waals surface area (Å²) in [6, 6.07) is 0.741. The van der Waals surface area contributed by atoms with Crippen molar-refractivity contribution in [3.63, 3.8) is 0 Å². The van der Waals surface area contributed by atoms with E-state index >= 15 is 0 Å². The van der Waals surface area contributed by atoms with Gasteiger partial charge in [-0.3, -0.25) is 0 Å². The van der Waals surface area contributed by atoms with Gasteiger partial charge in [0.05, 0.1) is 0 Å². The van der Waals surface area contributed by atoms with Gasteiger partial charge in [0.15, 0.2) is 0 Å². The first kappa shape index (κ1) is 14.9. The Morgan fingerprint density at radius 1 is 1.35 bits per heavy atom. The Morgan fingerprint density at radius 2 is 2.18 bits per heavy atom. The van der Waals surface area contributed by atoms with Crippen molar-refractivity contribution in [3.8, 4) is 0 Å². The zero-order valence-electron chi connectivity index (χ0n) is 11.9. The van der Waals surface area contributed by atoms with Crippen molar-refractivity contribution in [1.29, 1.82) is 0 Å². The van der Waals surface area contributed by atoms with Gasteiger partial charge in [-0.15, -0.1) is 0 Å². The van der Waals surface area contributed by atoms with Gasteiger partial charge in [0.1, 0.15) is 0 Å². The van der Waals surface area contributed by atoms with Gasteiger partial charge >= 0.3 is 0 Å². The first-order valence-corrected chi connectivity index (χ1v) is 7.22. The maximum Gasteiger partial charge on any atom is 0.0462 e. The highest BCUT2D eigenvalue weighted by Gasteiger charge is 2.24. The van der Waals surface area contributed by atoms with Crippen molar-refractivity contribution < 1.29 is 4.74 Å². The predicted octanol–water partition coefficient (Wildman–Crippen LogP) is 2.12. The molecule has 1 heterocycles. The largest absolute Gasteiger partial charge is 0.385 e. The summed E-state index contributed by atoms with van der Waals surface area (Å²) in [7, 11) is 1.78. The molecule has 2 unspecified atom stereocenters. The van der Waals surface area contributed by atoms with Gasteiger partial charge in [-0.25, -0.2) is 0 Å². The van der Waals surface area contributed by atoms with Gasteiger partial charge in [0, 0.05) is 26.3 Å². The zero-order chi connectivity index (χ0) is 12.5. The molecule has 0 aliphatic carbocycles. The van der Waals surface area contributed by atoms with Crippen LogP contribution in [-0.4, -0.2) is 50.8 Å². The van der Waals surface area contributed by atoms with Crippen LogP contribution in [0, 0.1) is 5.92 Å². The number of likely N-dealkylation sites (tertiary alicyclic amines) is 1. The summed E-state index contributed by atoms with van der Waals surface area (Å²) in [4.78, 5) is 2.62. The Labute approximate surface area is 107 Å². The van der Waals surface area contributed by atoms with E-state index in [0.29, 0.717) is 0 Å². The Morgan fingerprint density at radius 3 is 2.82 bits per heavy atom. The van der Waals surface area contributed by atoms with Crippen LogP contribution in [0.25, 0.3) is 0 Å². The normalized spacial score (nSPS) is 26.3. The Bertz CT molecular complexity index is 187. The molecule has 17 heavy (non-hydrogen) atoms. The fourth-order valence-electron chi connectivity index (χ4n) is 2.65. The molecule has 1 aliphatic rings. The summed E-state index contributed by atoms with van der Waals surface area (Å²) in [5.41, 5.74) is 0.